The largest absolute Gasteiger partial charge is 3.00 e. The van der Waals surface area contributed by atoms with E-state index in [4.69, 9.17) is 0 Å². The van der Waals surface area contributed by atoms with E-state index in [1.54, 1.807) is 0 Å². The Labute approximate surface area is 280 Å². The van der Waals surface area contributed by atoms with Crippen molar-refractivity contribution in [2.24, 2.45) is 0 Å². The van der Waals surface area contributed by atoms with Gasteiger partial charge < -0.3 is 29.7 Å². The number of pyridine rings is 2. The number of carboxylic acid groups (broad SMARTS) is 3. The molecule has 4 aromatic rings. The topological polar surface area (TPSA) is 197 Å². The molecule has 0 aliphatic heterocycles. The Morgan fingerprint density at radius 2 is 0.717 bits per heavy atom. The summed E-state index contributed by atoms with van der Waals surface area (Å²) < 4.78 is 0. The number of aliphatic carboxylic acids is 3. The summed E-state index contributed by atoms with van der Waals surface area (Å²) in [7, 11) is 0. The van der Waals surface area contributed by atoms with Gasteiger partial charge in [-0.2, -0.15) is 0 Å². The molecule has 0 aliphatic carbocycles. The van der Waals surface area contributed by atoms with E-state index in [2.05, 4.69) is 34.2 Å². The van der Waals surface area contributed by atoms with Gasteiger partial charge in [-0.1, -0.05) is 72.8 Å². The summed E-state index contributed by atoms with van der Waals surface area (Å²) in [5.74, 6) is -5.06. The van der Waals surface area contributed by atoms with Crippen molar-refractivity contribution in [1.29, 1.82) is 0 Å². The summed E-state index contributed by atoms with van der Waals surface area (Å²) in [5, 5.41) is 28.4. The van der Waals surface area contributed by atoms with Gasteiger partial charge in [-0.25, -0.2) is 0 Å². The van der Waals surface area contributed by atoms with Gasteiger partial charge in [0, 0.05) is 60.7 Å². The number of hydrogen-bond donors (Lipinski definition) is 0. The fourth-order valence-corrected chi connectivity index (χ4v) is 2.89. The number of rotatable bonds is 8. The monoisotopic (exact) mass is 715 g/mol. The molecule has 0 amide bonds. The number of carbonyl (C=O) groups is 6. The van der Waals surface area contributed by atoms with Crippen LogP contribution in [0.15, 0.2) is 109 Å². The van der Waals surface area contributed by atoms with Crippen LogP contribution >= 0.6 is 0 Å². The molecule has 2 aromatic carbocycles. The average Bonchev–Trinajstić information content (AvgIpc) is 2.98. The van der Waals surface area contributed by atoms with Crippen molar-refractivity contribution in [3.8, 4) is 22.5 Å². The van der Waals surface area contributed by atoms with Gasteiger partial charge in [0.15, 0.2) is 0 Å². The first kappa shape index (κ1) is 42.9. The summed E-state index contributed by atoms with van der Waals surface area (Å²) in [5.41, 5.74) is 4.38. The maximum atomic E-state index is 9.83. The fourth-order valence-electron chi connectivity index (χ4n) is 2.89. The Hall–Kier alpha value is -5.22. The van der Waals surface area contributed by atoms with Gasteiger partial charge in [-0.3, -0.25) is 24.4 Å². The Kier molecular flexibility index (Phi) is 24.4. The maximum Gasteiger partial charge on any atom is 3.00 e. The van der Waals surface area contributed by atoms with Crippen LogP contribution in [0.5, 0.6) is 0 Å². The van der Waals surface area contributed by atoms with Gasteiger partial charge >= 0.3 is 19.5 Å². The molecule has 0 unspecified atom stereocenters. The van der Waals surface area contributed by atoms with Crippen LogP contribution in [0.3, 0.4) is 0 Å². The van der Waals surface area contributed by atoms with Crippen LogP contribution in [0.25, 0.3) is 22.5 Å². The van der Waals surface area contributed by atoms with Crippen LogP contribution in [0.4, 0.5) is 0 Å². The van der Waals surface area contributed by atoms with E-state index >= 15 is 0 Å². The number of carboxylic acids is 3. The van der Waals surface area contributed by atoms with Crippen molar-refractivity contribution in [3.05, 3.63) is 109 Å². The number of carbonyl (C=O) groups excluding carboxylic acids is 6. The second kappa shape index (κ2) is 26.2. The van der Waals surface area contributed by atoms with E-state index in [0.29, 0.717) is 0 Å². The first-order valence-electron chi connectivity index (χ1n) is 13.3. The molecule has 1 radical (unpaired) electrons. The molecule has 2 aromatic heterocycles. The van der Waals surface area contributed by atoms with Crippen molar-refractivity contribution >= 4 is 35.3 Å². The van der Waals surface area contributed by atoms with Crippen molar-refractivity contribution in [2.45, 2.75) is 40.0 Å². The van der Waals surface area contributed by atoms with Gasteiger partial charge in [0.25, 0.3) is 0 Å². The number of nitrogens with zero attached hydrogens (tertiary/aromatic N) is 2. The number of Topliss-reactive ketones (excluding diaryl/α,β-unsaturated/α-hetero) is 3. The van der Waals surface area contributed by atoms with Crippen molar-refractivity contribution in [2.75, 3.05) is 0 Å². The summed E-state index contributed by atoms with van der Waals surface area (Å²) in [4.78, 5) is 66.4. The van der Waals surface area contributed by atoms with Gasteiger partial charge in [0.2, 0.25) is 0 Å². The minimum Gasteiger partial charge on any atom is -0.550 e. The average molecular weight is 715 g/mol. The van der Waals surface area contributed by atoms with E-state index in [1.807, 2.05) is 85.2 Å². The maximum absolute atomic E-state index is 9.83. The summed E-state index contributed by atoms with van der Waals surface area (Å²) in [6.07, 6.45) is 2.20. The minimum atomic E-state index is -1.31. The molecule has 0 saturated carbocycles. The predicted molar refractivity (Wildman–Crippen MR) is 160 cm³/mol. The molecule has 11 nitrogen and oxygen atoms in total. The molecular formula is C34H33N2O9Ru. The van der Waals surface area contributed by atoms with Crippen LogP contribution in [0.2, 0.25) is 0 Å². The second-order valence-corrected chi connectivity index (χ2v) is 8.91. The third kappa shape index (κ3) is 25.3. The normalized spacial score (nSPS) is 8.76. The Balaban J connectivity index is 0. The molecule has 0 fully saturated rings. The number of aromatic nitrogens is 2. The molecule has 0 aliphatic rings. The first-order chi connectivity index (χ1) is 21.3. The molecule has 2 heterocycles. The smallest absolute Gasteiger partial charge is 0.550 e. The van der Waals surface area contributed by atoms with E-state index < -0.39 is 37.2 Å². The number of ketones is 3. The molecule has 4 rings (SSSR count). The van der Waals surface area contributed by atoms with E-state index in [0.717, 1.165) is 22.5 Å². The minimum absolute atomic E-state index is 0. The van der Waals surface area contributed by atoms with Crippen LogP contribution in [-0.2, 0) is 48.2 Å². The van der Waals surface area contributed by atoms with Crippen molar-refractivity contribution in [1.82, 2.24) is 9.97 Å². The fraction of sp³-hybridized carbons (Fsp3) is 0.176. The van der Waals surface area contributed by atoms with Crippen molar-refractivity contribution < 1.29 is 63.6 Å². The van der Waals surface area contributed by atoms with Crippen LogP contribution in [0, 0.1) is 0 Å². The molecule has 0 atom stereocenters. The molecule has 46 heavy (non-hydrogen) atoms. The van der Waals surface area contributed by atoms with Crippen molar-refractivity contribution in [3.63, 3.8) is 0 Å². The first-order valence-corrected chi connectivity index (χ1v) is 13.3. The SMILES string of the molecule is CC(=O)CC(=O)[O-].CC(=O)CC(=O)[O-].CC(=O)CC(=O)[O-].[Ru+3].c1ccc(-c2ccccn2)cc1.c1ccc(-c2ccccn2)cc1. The summed E-state index contributed by atoms with van der Waals surface area (Å²) in [6, 6.07) is 32.2. The molecule has 0 bridgehead atoms. The third-order valence-corrected chi connectivity index (χ3v) is 4.65. The molecule has 0 N–H and O–H groups in total. The Morgan fingerprint density at radius 1 is 0.457 bits per heavy atom. The van der Waals surface area contributed by atoms with Crippen LogP contribution < -0.4 is 15.3 Å². The summed E-state index contributed by atoms with van der Waals surface area (Å²) >= 11 is 0. The molecule has 0 spiro atoms. The van der Waals surface area contributed by atoms with Gasteiger partial charge in [-0.05, 0) is 45.0 Å². The Morgan fingerprint density at radius 3 is 0.891 bits per heavy atom. The predicted octanol–water partition coefficient (Wildman–Crippen LogP) is 1.64. The van der Waals surface area contributed by atoms with Crippen LogP contribution in [-0.4, -0.2) is 45.2 Å². The zero-order chi connectivity index (χ0) is 34.0. The third-order valence-electron chi connectivity index (χ3n) is 4.65. The zero-order valence-electron chi connectivity index (χ0n) is 25.4. The van der Waals surface area contributed by atoms with E-state index in [1.165, 1.54) is 20.8 Å². The van der Waals surface area contributed by atoms with Gasteiger partial charge in [-0.15, -0.1) is 0 Å². The van der Waals surface area contributed by atoms with Crippen LogP contribution in [0.1, 0.15) is 40.0 Å². The quantitative estimate of drug-likeness (QED) is 0.190. The Bertz CT molecular complexity index is 1220. The standard InChI is InChI=1S/2C11H9N.3C4H6O3.Ru/c2*1-2-6-10(7-3-1)11-8-4-5-9-12-11;3*1-3(5)2-4(6)7;/h2*1-9H;3*2H2,1H3,(H,6,7);/q;;;;;+3/p-3. The number of benzene rings is 2. The second-order valence-electron chi connectivity index (χ2n) is 8.91. The van der Waals surface area contributed by atoms with E-state index in [9.17, 15) is 44.1 Å². The van der Waals surface area contributed by atoms with Gasteiger partial charge in [0.05, 0.1) is 11.4 Å². The van der Waals surface area contributed by atoms with Gasteiger partial charge in [0.1, 0.15) is 17.3 Å². The zero-order valence-corrected chi connectivity index (χ0v) is 27.2. The molecule has 241 valence electrons. The number of hydrogen-bond acceptors (Lipinski definition) is 11. The molecule has 12 heteroatoms. The van der Waals surface area contributed by atoms with E-state index in [-0.39, 0.29) is 36.8 Å². The molecular weight excluding hydrogens is 681 g/mol. The molecule has 0 saturated heterocycles. The summed E-state index contributed by atoms with van der Waals surface area (Å²) in [6.45, 7) is 3.61.